The van der Waals surface area contributed by atoms with Crippen LogP contribution in [0.2, 0.25) is 0 Å². The molecule has 2 atom stereocenters. The highest BCUT2D eigenvalue weighted by Gasteiger charge is 2.25. The lowest BCUT2D eigenvalue weighted by Crippen LogP contribution is -2.46. The molecule has 0 aliphatic carbocycles. The van der Waals surface area contributed by atoms with Crippen LogP contribution < -0.4 is 5.73 Å². The zero-order chi connectivity index (χ0) is 11.5. The predicted molar refractivity (Wildman–Crippen MR) is 70.7 cm³/mol. The van der Waals surface area contributed by atoms with Crippen LogP contribution in [-0.2, 0) is 6.54 Å². The van der Waals surface area contributed by atoms with Crippen LogP contribution in [0.3, 0.4) is 0 Å². The van der Waals surface area contributed by atoms with Crippen LogP contribution in [0.4, 0.5) is 0 Å². The fraction of sp³-hybridized carbons (Fsp3) is 0.692. The molecule has 1 saturated heterocycles. The van der Waals surface area contributed by atoms with Crippen LogP contribution >= 0.6 is 11.3 Å². The van der Waals surface area contributed by atoms with E-state index in [1.165, 1.54) is 23.4 Å². The van der Waals surface area contributed by atoms with E-state index in [1.807, 2.05) is 11.3 Å². The van der Waals surface area contributed by atoms with Crippen LogP contribution in [0.25, 0.3) is 0 Å². The molecule has 2 nitrogen and oxygen atoms in total. The Balaban J connectivity index is 1.94. The molecular weight excluding hydrogens is 216 g/mol. The minimum Gasteiger partial charge on any atom is -0.327 e. The maximum atomic E-state index is 6.13. The Labute approximate surface area is 102 Å². The number of aryl methyl sites for hydroxylation is 1. The Hall–Kier alpha value is -0.380. The minimum absolute atomic E-state index is 0.422. The van der Waals surface area contributed by atoms with Crippen molar-refractivity contribution in [1.29, 1.82) is 0 Å². The Kier molecular flexibility index (Phi) is 4.00. The zero-order valence-electron chi connectivity index (χ0n) is 10.3. The van der Waals surface area contributed by atoms with E-state index in [2.05, 4.69) is 30.2 Å². The standard InChI is InChI=1S/C13H22N2S/c1-3-11-8-15(6-4-12(11)14)9-13-10(2)5-7-16-13/h5,7,11-12H,3-4,6,8-9,14H2,1-2H3. The van der Waals surface area contributed by atoms with Crippen LogP contribution in [0.1, 0.15) is 30.2 Å². The molecule has 0 radical (unpaired) electrons. The summed E-state index contributed by atoms with van der Waals surface area (Å²) in [7, 11) is 0. The molecule has 1 aliphatic rings. The molecule has 3 heteroatoms. The predicted octanol–water partition coefficient (Wildman–Crippen LogP) is 2.62. The van der Waals surface area contributed by atoms with Crippen LogP contribution in [0.5, 0.6) is 0 Å². The van der Waals surface area contributed by atoms with Crippen molar-refractivity contribution in [3.05, 3.63) is 21.9 Å². The van der Waals surface area contributed by atoms with E-state index in [0.717, 1.165) is 19.5 Å². The van der Waals surface area contributed by atoms with Crippen molar-refractivity contribution >= 4 is 11.3 Å². The molecule has 1 aromatic heterocycles. The zero-order valence-corrected chi connectivity index (χ0v) is 11.1. The summed E-state index contributed by atoms with van der Waals surface area (Å²) >= 11 is 1.88. The Bertz CT molecular complexity index is 334. The molecule has 0 aromatic carbocycles. The number of hydrogen-bond donors (Lipinski definition) is 1. The molecule has 1 aromatic rings. The number of likely N-dealkylation sites (tertiary alicyclic amines) is 1. The Morgan fingerprint density at radius 1 is 1.56 bits per heavy atom. The maximum absolute atomic E-state index is 6.13. The molecule has 16 heavy (non-hydrogen) atoms. The van der Waals surface area contributed by atoms with Crippen LogP contribution in [0.15, 0.2) is 11.4 Å². The second-order valence-electron chi connectivity index (χ2n) is 4.88. The van der Waals surface area contributed by atoms with Gasteiger partial charge in [0, 0.05) is 30.6 Å². The highest BCUT2D eigenvalue weighted by Crippen LogP contribution is 2.23. The van der Waals surface area contributed by atoms with Crippen molar-refractivity contribution in [2.75, 3.05) is 13.1 Å². The summed E-state index contributed by atoms with van der Waals surface area (Å²) in [5.41, 5.74) is 7.57. The van der Waals surface area contributed by atoms with E-state index in [4.69, 9.17) is 5.73 Å². The summed E-state index contributed by atoms with van der Waals surface area (Å²) in [4.78, 5) is 4.08. The van der Waals surface area contributed by atoms with Crippen LogP contribution in [-0.4, -0.2) is 24.0 Å². The van der Waals surface area contributed by atoms with Gasteiger partial charge in [-0.25, -0.2) is 0 Å². The van der Waals surface area contributed by atoms with Gasteiger partial charge in [0.2, 0.25) is 0 Å². The Morgan fingerprint density at radius 3 is 3.00 bits per heavy atom. The van der Waals surface area contributed by atoms with Gasteiger partial charge >= 0.3 is 0 Å². The van der Waals surface area contributed by atoms with E-state index in [9.17, 15) is 0 Å². The van der Waals surface area contributed by atoms with Crippen molar-refractivity contribution in [3.63, 3.8) is 0 Å². The van der Waals surface area contributed by atoms with E-state index in [-0.39, 0.29) is 0 Å². The van der Waals surface area contributed by atoms with Crippen molar-refractivity contribution in [3.8, 4) is 0 Å². The van der Waals surface area contributed by atoms with Gasteiger partial charge in [-0.2, -0.15) is 0 Å². The van der Waals surface area contributed by atoms with Gasteiger partial charge in [-0.15, -0.1) is 11.3 Å². The highest BCUT2D eigenvalue weighted by molar-refractivity contribution is 7.10. The normalized spacial score (nSPS) is 27.2. The number of nitrogens with two attached hydrogens (primary N) is 1. The van der Waals surface area contributed by atoms with Crippen molar-refractivity contribution in [2.24, 2.45) is 11.7 Å². The lowest BCUT2D eigenvalue weighted by atomic mass is 9.91. The molecule has 2 N–H and O–H groups in total. The molecule has 0 amide bonds. The third kappa shape index (κ3) is 2.65. The number of nitrogens with zero attached hydrogens (tertiary/aromatic N) is 1. The van der Waals surface area contributed by atoms with Crippen molar-refractivity contribution in [1.82, 2.24) is 4.90 Å². The summed E-state index contributed by atoms with van der Waals surface area (Å²) in [6.45, 7) is 7.92. The number of piperidine rings is 1. The lowest BCUT2D eigenvalue weighted by molar-refractivity contribution is 0.146. The molecule has 0 spiro atoms. The number of hydrogen-bond acceptors (Lipinski definition) is 3. The SMILES string of the molecule is CCC1CN(Cc2sccc2C)CCC1N. The van der Waals surface area contributed by atoms with E-state index >= 15 is 0 Å². The average molecular weight is 238 g/mol. The van der Waals surface area contributed by atoms with Gasteiger partial charge in [0.05, 0.1) is 0 Å². The molecule has 90 valence electrons. The van der Waals surface area contributed by atoms with Crippen molar-refractivity contribution in [2.45, 2.75) is 39.3 Å². The molecule has 0 bridgehead atoms. The van der Waals surface area contributed by atoms with E-state index in [1.54, 1.807) is 0 Å². The molecule has 2 rings (SSSR count). The quantitative estimate of drug-likeness (QED) is 0.877. The lowest BCUT2D eigenvalue weighted by Gasteiger charge is -2.36. The largest absolute Gasteiger partial charge is 0.327 e. The van der Waals surface area contributed by atoms with Gasteiger partial charge in [0.1, 0.15) is 0 Å². The molecular formula is C13H22N2S. The molecule has 1 fully saturated rings. The van der Waals surface area contributed by atoms with Gasteiger partial charge in [0.15, 0.2) is 0 Å². The van der Waals surface area contributed by atoms with E-state index < -0.39 is 0 Å². The summed E-state index contributed by atoms with van der Waals surface area (Å²) in [6.07, 6.45) is 2.37. The highest BCUT2D eigenvalue weighted by atomic mass is 32.1. The first-order valence-electron chi connectivity index (χ1n) is 6.21. The maximum Gasteiger partial charge on any atom is 0.0330 e. The number of rotatable bonds is 3. The third-order valence-electron chi connectivity index (χ3n) is 3.74. The van der Waals surface area contributed by atoms with Gasteiger partial charge < -0.3 is 5.73 Å². The third-order valence-corrected chi connectivity index (χ3v) is 4.74. The smallest absolute Gasteiger partial charge is 0.0330 e. The summed E-state index contributed by atoms with van der Waals surface area (Å²) in [5, 5.41) is 2.19. The van der Waals surface area contributed by atoms with Gasteiger partial charge in [-0.1, -0.05) is 13.3 Å². The summed E-state index contributed by atoms with van der Waals surface area (Å²) in [6, 6.07) is 2.64. The Morgan fingerprint density at radius 2 is 2.38 bits per heavy atom. The first-order valence-corrected chi connectivity index (χ1v) is 7.09. The minimum atomic E-state index is 0.422. The second-order valence-corrected chi connectivity index (χ2v) is 5.88. The monoisotopic (exact) mass is 238 g/mol. The fourth-order valence-electron chi connectivity index (χ4n) is 2.47. The number of thiophene rings is 1. The van der Waals surface area contributed by atoms with Gasteiger partial charge in [-0.3, -0.25) is 4.90 Å². The molecule has 0 saturated carbocycles. The average Bonchev–Trinajstić information content (AvgIpc) is 2.67. The van der Waals surface area contributed by atoms with Gasteiger partial charge in [-0.05, 0) is 36.3 Å². The summed E-state index contributed by atoms with van der Waals surface area (Å²) in [5.74, 6) is 0.689. The molecule has 1 aliphatic heterocycles. The first kappa shape index (κ1) is 12.1. The topological polar surface area (TPSA) is 29.3 Å². The van der Waals surface area contributed by atoms with Crippen molar-refractivity contribution < 1.29 is 0 Å². The van der Waals surface area contributed by atoms with Gasteiger partial charge in [0.25, 0.3) is 0 Å². The van der Waals surface area contributed by atoms with Crippen LogP contribution in [0, 0.1) is 12.8 Å². The van der Waals surface area contributed by atoms with E-state index in [0.29, 0.717) is 12.0 Å². The summed E-state index contributed by atoms with van der Waals surface area (Å²) < 4.78 is 0. The fourth-order valence-corrected chi connectivity index (χ4v) is 3.42. The second kappa shape index (κ2) is 5.30. The molecule has 2 unspecified atom stereocenters. The molecule has 2 heterocycles. The first-order chi connectivity index (χ1) is 7.70.